The van der Waals surface area contributed by atoms with E-state index in [1.807, 2.05) is 35.7 Å². The van der Waals surface area contributed by atoms with Crippen molar-refractivity contribution < 1.29 is 0 Å². The van der Waals surface area contributed by atoms with Crippen LogP contribution < -0.4 is 10.6 Å². The van der Waals surface area contributed by atoms with Gasteiger partial charge in [-0.05, 0) is 32.4 Å². The maximum absolute atomic E-state index is 6.24. The average molecular weight is 357 g/mol. The van der Waals surface area contributed by atoms with E-state index in [-0.39, 0.29) is 5.82 Å². The highest BCUT2D eigenvalue weighted by atomic mass is 35.5. The number of aromatic nitrogens is 4. The monoisotopic (exact) mass is 356 g/mol. The summed E-state index contributed by atoms with van der Waals surface area (Å²) in [7, 11) is 1.93. The van der Waals surface area contributed by atoms with Crippen LogP contribution in [0.4, 0.5) is 11.6 Å². The lowest BCUT2D eigenvalue weighted by atomic mass is 10.1. The second-order valence-corrected chi connectivity index (χ2v) is 6.48. The normalized spacial score (nSPS) is 10.9. The zero-order chi connectivity index (χ0) is 18.1. The van der Waals surface area contributed by atoms with Gasteiger partial charge in [-0.2, -0.15) is 5.10 Å². The van der Waals surface area contributed by atoms with Crippen LogP contribution in [0.15, 0.2) is 30.6 Å². The van der Waals surface area contributed by atoms with Gasteiger partial charge in [0.2, 0.25) is 0 Å². The Morgan fingerprint density at radius 2 is 1.88 bits per heavy atom. The second kappa shape index (κ2) is 6.72. The van der Waals surface area contributed by atoms with Crippen molar-refractivity contribution in [2.24, 2.45) is 0 Å². The summed E-state index contributed by atoms with van der Waals surface area (Å²) in [5, 5.41) is 5.09. The van der Waals surface area contributed by atoms with Crippen molar-refractivity contribution >= 4 is 23.2 Å². The van der Waals surface area contributed by atoms with Crippen LogP contribution >= 0.6 is 11.6 Å². The van der Waals surface area contributed by atoms with Crippen molar-refractivity contribution in [1.29, 1.82) is 0 Å². The number of halogens is 1. The number of para-hydroxylation sites is 1. The largest absolute Gasteiger partial charge is 0.382 e. The van der Waals surface area contributed by atoms with Crippen LogP contribution in [-0.4, -0.2) is 26.8 Å². The molecule has 2 aromatic heterocycles. The Bertz CT molecular complexity index is 918. The molecule has 130 valence electrons. The Kier molecular flexibility index (Phi) is 4.63. The van der Waals surface area contributed by atoms with Crippen LogP contribution in [0, 0.1) is 20.8 Å². The van der Waals surface area contributed by atoms with E-state index in [1.54, 1.807) is 0 Å². The summed E-state index contributed by atoms with van der Waals surface area (Å²) < 4.78 is 1.99. The van der Waals surface area contributed by atoms with Gasteiger partial charge in [-0.15, -0.1) is 0 Å². The number of aryl methyl sites for hydroxylation is 2. The molecule has 0 amide bonds. The highest BCUT2D eigenvalue weighted by Gasteiger charge is 2.18. The summed E-state index contributed by atoms with van der Waals surface area (Å²) in [5.74, 6) is 0.888. The van der Waals surface area contributed by atoms with Crippen LogP contribution in [0.3, 0.4) is 0 Å². The van der Waals surface area contributed by atoms with E-state index in [4.69, 9.17) is 22.4 Å². The molecule has 3 aromatic rings. The fourth-order valence-corrected chi connectivity index (χ4v) is 3.13. The lowest BCUT2D eigenvalue weighted by Gasteiger charge is -2.20. The van der Waals surface area contributed by atoms with Crippen molar-refractivity contribution in [2.45, 2.75) is 27.3 Å². The molecule has 1 aromatic carbocycles. The fourth-order valence-electron chi connectivity index (χ4n) is 2.89. The highest BCUT2D eigenvalue weighted by molar-refractivity contribution is 6.35. The molecule has 0 atom stereocenters. The zero-order valence-electron chi connectivity index (χ0n) is 14.8. The summed E-state index contributed by atoms with van der Waals surface area (Å²) >= 11 is 6.24. The van der Waals surface area contributed by atoms with Crippen molar-refractivity contribution in [3.05, 3.63) is 58.1 Å². The van der Waals surface area contributed by atoms with E-state index in [0.29, 0.717) is 17.4 Å². The molecule has 0 aliphatic heterocycles. The molecule has 0 fully saturated rings. The van der Waals surface area contributed by atoms with Crippen molar-refractivity contribution in [1.82, 2.24) is 19.7 Å². The second-order valence-electron chi connectivity index (χ2n) is 6.10. The van der Waals surface area contributed by atoms with Gasteiger partial charge in [-0.1, -0.05) is 29.8 Å². The molecule has 6 nitrogen and oxygen atoms in total. The predicted octanol–water partition coefficient (Wildman–Crippen LogP) is 3.46. The molecular weight excluding hydrogens is 336 g/mol. The van der Waals surface area contributed by atoms with Gasteiger partial charge in [-0.25, -0.2) is 14.6 Å². The first kappa shape index (κ1) is 17.2. The number of hydrogen-bond donors (Lipinski definition) is 1. The Morgan fingerprint density at radius 1 is 1.16 bits per heavy atom. The number of nitrogens with two attached hydrogens (primary N) is 1. The lowest BCUT2D eigenvalue weighted by molar-refractivity contribution is 0.824. The average Bonchev–Trinajstić information content (AvgIpc) is 2.85. The topological polar surface area (TPSA) is 72.9 Å². The summed E-state index contributed by atoms with van der Waals surface area (Å²) in [5.41, 5.74) is 11.3. The molecule has 0 saturated heterocycles. The minimum Gasteiger partial charge on any atom is -0.382 e. The summed E-state index contributed by atoms with van der Waals surface area (Å²) in [4.78, 5) is 10.1. The minimum absolute atomic E-state index is 0.280. The molecule has 0 aliphatic carbocycles. The molecule has 0 bridgehead atoms. The summed E-state index contributed by atoms with van der Waals surface area (Å²) in [6.45, 7) is 6.80. The Morgan fingerprint density at radius 3 is 2.60 bits per heavy atom. The zero-order valence-corrected chi connectivity index (χ0v) is 15.5. The van der Waals surface area contributed by atoms with Crippen LogP contribution in [0.2, 0.25) is 5.02 Å². The lowest BCUT2D eigenvalue weighted by Crippen LogP contribution is -2.19. The van der Waals surface area contributed by atoms with E-state index in [2.05, 4.69) is 35.9 Å². The fraction of sp³-hybridized carbons (Fsp3) is 0.278. The van der Waals surface area contributed by atoms with Crippen LogP contribution in [-0.2, 0) is 6.54 Å². The summed E-state index contributed by atoms with van der Waals surface area (Å²) in [6.07, 6.45) is 1.42. The highest BCUT2D eigenvalue weighted by Crippen LogP contribution is 2.28. The minimum atomic E-state index is 0.280. The molecule has 25 heavy (non-hydrogen) atoms. The number of anilines is 2. The van der Waals surface area contributed by atoms with Crippen molar-refractivity contribution in [2.75, 3.05) is 17.7 Å². The Hall–Kier alpha value is -2.60. The van der Waals surface area contributed by atoms with Crippen molar-refractivity contribution in [3.8, 4) is 5.69 Å². The molecule has 7 heteroatoms. The van der Waals surface area contributed by atoms with E-state index in [1.165, 1.54) is 11.9 Å². The number of nitrogen functional groups attached to an aromatic ring is 1. The van der Waals surface area contributed by atoms with E-state index in [0.717, 1.165) is 22.6 Å². The summed E-state index contributed by atoms with van der Waals surface area (Å²) in [6, 6.07) is 8.21. The van der Waals surface area contributed by atoms with Crippen molar-refractivity contribution in [3.63, 3.8) is 0 Å². The SMILES string of the molecule is Cc1ccccc1-n1nc(C)c(CN(C)c2ncnc(N)c2Cl)c1C. The van der Waals surface area contributed by atoms with E-state index in [9.17, 15) is 0 Å². The first-order chi connectivity index (χ1) is 11.9. The number of hydrogen-bond acceptors (Lipinski definition) is 5. The third kappa shape index (κ3) is 3.17. The van der Waals surface area contributed by atoms with Crippen LogP contribution in [0.25, 0.3) is 5.69 Å². The standard InChI is InChI=1S/C18H21ClN6/c1-11-7-5-6-8-15(11)25-13(3)14(12(2)23-25)9-24(4)18-16(19)17(20)21-10-22-18/h5-8,10H,9H2,1-4H3,(H2,20,21,22). The number of rotatable bonds is 4. The van der Waals surface area contributed by atoms with Crippen LogP contribution in [0.1, 0.15) is 22.5 Å². The van der Waals surface area contributed by atoms with Gasteiger partial charge in [0.05, 0.1) is 11.4 Å². The van der Waals surface area contributed by atoms with E-state index >= 15 is 0 Å². The number of nitrogens with zero attached hydrogens (tertiary/aromatic N) is 5. The first-order valence-electron chi connectivity index (χ1n) is 7.98. The van der Waals surface area contributed by atoms with Gasteiger partial charge < -0.3 is 10.6 Å². The third-order valence-corrected chi connectivity index (χ3v) is 4.70. The molecular formula is C18H21ClN6. The Balaban J connectivity index is 1.96. The predicted molar refractivity (Wildman–Crippen MR) is 101 cm³/mol. The van der Waals surface area contributed by atoms with Gasteiger partial charge in [-0.3, -0.25) is 0 Å². The molecule has 0 saturated carbocycles. The molecule has 0 unspecified atom stereocenters. The molecule has 0 radical (unpaired) electrons. The quantitative estimate of drug-likeness (QED) is 0.775. The molecule has 0 aliphatic rings. The Labute approximate surface area is 152 Å². The third-order valence-electron chi connectivity index (χ3n) is 4.34. The van der Waals surface area contributed by atoms with Gasteiger partial charge in [0.15, 0.2) is 5.82 Å². The van der Waals surface area contributed by atoms with Crippen LogP contribution in [0.5, 0.6) is 0 Å². The van der Waals surface area contributed by atoms with Gasteiger partial charge >= 0.3 is 0 Å². The maximum Gasteiger partial charge on any atom is 0.153 e. The number of benzene rings is 1. The van der Waals surface area contributed by atoms with Gasteiger partial charge in [0, 0.05) is 24.8 Å². The van der Waals surface area contributed by atoms with E-state index < -0.39 is 0 Å². The molecule has 0 spiro atoms. The smallest absolute Gasteiger partial charge is 0.153 e. The molecule has 3 rings (SSSR count). The molecule has 2 heterocycles. The van der Waals surface area contributed by atoms with Gasteiger partial charge in [0.25, 0.3) is 0 Å². The first-order valence-corrected chi connectivity index (χ1v) is 8.36. The maximum atomic E-state index is 6.24. The van der Waals surface area contributed by atoms with Gasteiger partial charge in [0.1, 0.15) is 17.2 Å². The molecule has 2 N–H and O–H groups in total.